The first-order valence-electron chi connectivity index (χ1n) is 6.21. The van der Waals surface area contributed by atoms with Crippen molar-refractivity contribution in [2.24, 2.45) is 0 Å². The molecule has 96 valence electrons. The molecule has 0 aromatic carbocycles. The number of hydrogen-bond acceptors (Lipinski definition) is 4. The maximum Gasteiger partial charge on any atom is 0.162 e. The summed E-state index contributed by atoms with van der Waals surface area (Å²) in [5.74, 6) is 0.788. The quantitative estimate of drug-likeness (QED) is 0.762. The van der Waals surface area contributed by atoms with E-state index < -0.39 is 0 Å². The van der Waals surface area contributed by atoms with Gasteiger partial charge in [-0.05, 0) is 32.0 Å². The van der Waals surface area contributed by atoms with Crippen molar-refractivity contribution in [3.63, 3.8) is 0 Å². The van der Waals surface area contributed by atoms with Gasteiger partial charge in [0.1, 0.15) is 11.2 Å². The summed E-state index contributed by atoms with van der Waals surface area (Å²) in [4.78, 5) is 13.1. The van der Waals surface area contributed by atoms with E-state index in [-0.39, 0.29) is 6.04 Å². The van der Waals surface area contributed by atoms with Crippen LogP contribution in [-0.4, -0.2) is 19.5 Å². The maximum atomic E-state index is 6.01. The Morgan fingerprint density at radius 3 is 2.79 bits per heavy atom. The van der Waals surface area contributed by atoms with Gasteiger partial charge in [0, 0.05) is 18.4 Å². The number of anilines is 1. The lowest BCUT2D eigenvalue weighted by molar-refractivity contribution is 0.623. The van der Waals surface area contributed by atoms with Gasteiger partial charge in [-0.1, -0.05) is 0 Å². The van der Waals surface area contributed by atoms with Crippen LogP contribution in [0.2, 0.25) is 0 Å². The smallest absolute Gasteiger partial charge is 0.162 e. The van der Waals surface area contributed by atoms with Crippen LogP contribution in [0.4, 0.5) is 5.69 Å². The molecule has 0 saturated heterocycles. The second-order valence-electron chi connectivity index (χ2n) is 4.70. The van der Waals surface area contributed by atoms with Crippen molar-refractivity contribution in [1.29, 1.82) is 0 Å². The van der Waals surface area contributed by atoms with Crippen LogP contribution in [-0.2, 0) is 0 Å². The number of nitrogens with zero attached hydrogens (tertiary/aromatic N) is 4. The zero-order valence-corrected chi connectivity index (χ0v) is 10.9. The van der Waals surface area contributed by atoms with Crippen molar-refractivity contribution >= 4 is 16.7 Å². The van der Waals surface area contributed by atoms with Gasteiger partial charge in [-0.15, -0.1) is 0 Å². The van der Waals surface area contributed by atoms with E-state index in [1.807, 2.05) is 18.2 Å². The minimum absolute atomic E-state index is 0.267. The number of fused-ring (bicyclic) bond motifs is 1. The maximum absolute atomic E-state index is 6.01. The lowest BCUT2D eigenvalue weighted by Gasteiger charge is -2.13. The van der Waals surface area contributed by atoms with Crippen molar-refractivity contribution in [2.45, 2.75) is 19.9 Å². The van der Waals surface area contributed by atoms with Crippen molar-refractivity contribution in [3.05, 3.63) is 36.8 Å². The van der Waals surface area contributed by atoms with Crippen LogP contribution in [0.5, 0.6) is 0 Å². The van der Waals surface area contributed by atoms with Gasteiger partial charge in [0.25, 0.3) is 0 Å². The molecule has 2 N–H and O–H groups in total. The molecule has 0 radical (unpaired) electrons. The predicted molar refractivity (Wildman–Crippen MR) is 75.6 cm³/mol. The highest BCUT2D eigenvalue weighted by Crippen LogP contribution is 2.29. The molecule has 19 heavy (non-hydrogen) atoms. The molecule has 0 aliphatic rings. The first-order chi connectivity index (χ1) is 9.18. The summed E-state index contributed by atoms with van der Waals surface area (Å²) >= 11 is 0. The number of imidazole rings is 1. The highest BCUT2D eigenvalue weighted by molar-refractivity contribution is 5.81. The third kappa shape index (κ3) is 1.83. The number of rotatable bonds is 2. The third-order valence-corrected chi connectivity index (χ3v) is 3.06. The molecule has 3 heterocycles. The molecule has 5 nitrogen and oxygen atoms in total. The number of nitrogen functional groups attached to an aromatic ring is 1. The molecular weight excluding hydrogens is 238 g/mol. The van der Waals surface area contributed by atoms with Gasteiger partial charge in [-0.25, -0.2) is 4.98 Å². The zero-order valence-electron chi connectivity index (χ0n) is 10.9. The van der Waals surface area contributed by atoms with Gasteiger partial charge >= 0.3 is 0 Å². The minimum atomic E-state index is 0.267. The fourth-order valence-corrected chi connectivity index (χ4v) is 2.25. The monoisotopic (exact) mass is 253 g/mol. The largest absolute Gasteiger partial charge is 0.397 e. The summed E-state index contributed by atoms with van der Waals surface area (Å²) in [6.07, 6.45) is 5.26. The molecule has 3 aromatic heterocycles. The van der Waals surface area contributed by atoms with Gasteiger partial charge in [0.2, 0.25) is 0 Å². The van der Waals surface area contributed by atoms with Crippen LogP contribution in [0.1, 0.15) is 19.9 Å². The van der Waals surface area contributed by atoms with E-state index in [9.17, 15) is 0 Å². The Morgan fingerprint density at radius 1 is 1.21 bits per heavy atom. The summed E-state index contributed by atoms with van der Waals surface area (Å²) in [6, 6.07) is 5.89. The summed E-state index contributed by atoms with van der Waals surface area (Å²) in [5.41, 5.74) is 9.26. The van der Waals surface area contributed by atoms with Gasteiger partial charge in [0.05, 0.1) is 17.4 Å². The minimum Gasteiger partial charge on any atom is -0.397 e. The summed E-state index contributed by atoms with van der Waals surface area (Å²) in [7, 11) is 0. The van der Waals surface area contributed by atoms with E-state index in [0.717, 1.165) is 16.9 Å². The zero-order chi connectivity index (χ0) is 13.4. The summed E-state index contributed by atoms with van der Waals surface area (Å²) in [5, 5.41) is 0. The lowest BCUT2D eigenvalue weighted by atomic mass is 10.2. The fourth-order valence-electron chi connectivity index (χ4n) is 2.25. The van der Waals surface area contributed by atoms with Crippen molar-refractivity contribution < 1.29 is 0 Å². The van der Waals surface area contributed by atoms with Crippen LogP contribution < -0.4 is 5.73 Å². The molecule has 0 amide bonds. The van der Waals surface area contributed by atoms with Gasteiger partial charge in [0.15, 0.2) is 5.82 Å². The van der Waals surface area contributed by atoms with Gasteiger partial charge in [-0.2, -0.15) is 0 Å². The van der Waals surface area contributed by atoms with E-state index in [4.69, 9.17) is 5.73 Å². The van der Waals surface area contributed by atoms with Crippen molar-refractivity contribution in [1.82, 2.24) is 19.5 Å². The van der Waals surface area contributed by atoms with Crippen LogP contribution in [0.3, 0.4) is 0 Å². The molecular formula is C14H15N5. The Labute approximate surface area is 111 Å². The van der Waals surface area contributed by atoms with E-state index in [2.05, 4.69) is 33.4 Å². The average Bonchev–Trinajstić information content (AvgIpc) is 2.78. The van der Waals surface area contributed by atoms with Crippen LogP contribution >= 0.6 is 0 Å². The number of aromatic nitrogens is 4. The normalized spacial score (nSPS) is 11.3. The Morgan fingerprint density at radius 2 is 2.05 bits per heavy atom. The summed E-state index contributed by atoms with van der Waals surface area (Å²) in [6.45, 7) is 4.23. The second kappa shape index (κ2) is 4.35. The van der Waals surface area contributed by atoms with E-state index in [0.29, 0.717) is 11.4 Å². The number of nitrogens with two attached hydrogens (primary N) is 1. The Balaban J connectivity index is 2.35. The SMILES string of the molecule is CC(C)n1c(-c2ncccc2N)nc2cnccc21. The lowest BCUT2D eigenvalue weighted by Crippen LogP contribution is -2.05. The number of hydrogen-bond donors (Lipinski definition) is 1. The molecule has 0 saturated carbocycles. The van der Waals surface area contributed by atoms with Crippen molar-refractivity contribution in [2.75, 3.05) is 5.73 Å². The molecule has 0 bridgehead atoms. The van der Waals surface area contributed by atoms with E-state index in [1.54, 1.807) is 18.6 Å². The molecule has 0 unspecified atom stereocenters. The van der Waals surface area contributed by atoms with Crippen molar-refractivity contribution in [3.8, 4) is 11.5 Å². The number of pyridine rings is 2. The molecule has 0 atom stereocenters. The predicted octanol–water partition coefficient (Wildman–Crippen LogP) is 2.66. The van der Waals surface area contributed by atoms with Gasteiger partial charge in [-0.3, -0.25) is 9.97 Å². The standard InChI is InChI=1S/C14H15N5/c1-9(2)19-12-5-7-16-8-11(12)18-14(19)13-10(15)4-3-6-17-13/h3-9H,15H2,1-2H3. The molecule has 3 aromatic rings. The van der Waals surface area contributed by atoms with E-state index in [1.165, 1.54) is 0 Å². The highest BCUT2D eigenvalue weighted by Gasteiger charge is 2.17. The molecule has 5 heteroatoms. The second-order valence-corrected chi connectivity index (χ2v) is 4.70. The highest BCUT2D eigenvalue weighted by atomic mass is 15.1. The Bertz CT molecular complexity index is 730. The molecule has 0 aliphatic carbocycles. The molecule has 0 aliphatic heterocycles. The first kappa shape index (κ1) is 11.6. The van der Waals surface area contributed by atoms with Crippen LogP contribution in [0.25, 0.3) is 22.6 Å². The molecule has 0 fully saturated rings. The topological polar surface area (TPSA) is 69.6 Å². The van der Waals surface area contributed by atoms with Gasteiger partial charge < -0.3 is 10.3 Å². The molecule has 3 rings (SSSR count). The molecule has 0 spiro atoms. The Hall–Kier alpha value is -2.43. The van der Waals surface area contributed by atoms with Crippen LogP contribution in [0, 0.1) is 0 Å². The summed E-state index contributed by atoms with van der Waals surface area (Å²) < 4.78 is 2.13. The van der Waals surface area contributed by atoms with Crippen LogP contribution in [0.15, 0.2) is 36.8 Å². The Kier molecular flexibility index (Phi) is 2.67. The first-order valence-corrected chi connectivity index (χ1v) is 6.21. The fraction of sp³-hybridized carbons (Fsp3) is 0.214. The average molecular weight is 253 g/mol. The van der Waals surface area contributed by atoms with E-state index >= 15 is 0 Å². The third-order valence-electron chi connectivity index (χ3n) is 3.06.